The minimum Gasteiger partial charge on any atom is -0.372 e. The third-order valence-corrected chi connectivity index (χ3v) is 6.07. The van der Waals surface area contributed by atoms with Crippen molar-refractivity contribution in [3.8, 4) is 22.5 Å². The van der Waals surface area contributed by atoms with Crippen molar-refractivity contribution in [1.82, 2.24) is 15.1 Å². The summed E-state index contributed by atoms with van der Waals surface area (Å²) in [5.74, 6) is 0.0926. The van der Waals surface area contributed by atoms with E-state index in [1.54, 1.807) is 0 Å². The zero-order valence-corrected chi connectivity index (χ0v) is 18.6. The minimum absolute atomic E-state index is 0.0926. The largest absolute Gasteiger partial charge is 0.372 e. The van der Waals surface area contributed by atoms with Crippen molar-refractivity contribution in [2.75, 3.05) is 31.1 Å². The first-order valence-corrected chi connectivity index (χ1v) is 11.5. The van der Waals surface area contributed by atoms with Crippen molar-refractivity contribution < 1.29 is 4.79 Å². The Balaban J connectivity index is 1.46. The summed E-state index contributed by atoms with van der Waals surface area (Å²) < 4.78 is 0. The highest BCUT2D eigenvalue weighted by Crippen LogP contribution is 2.27. The number of aromatic amines is 1. The number of carbonyl (C=O) groups excluding carboxylic acids is 1. The summed E-state index contributed by atoms with van der Waals surface area (Å²) in [7, 11) is 0. The van der Waals surface area contributed by atoms with E-state index in [1.807, 2.05) is 36.1 Å². The molecule has 5 nitrogen and oxygen atoms in total. The van der Waals surface area contributed by atoms with Crippen LogP contribution in [0.25, 0.3) is 22.5 Å². The number of piperidine rings is 1. The Hall–Kier alpha value is -3.08. The quantitative estimate of drug-likeness (QED) is 0.545. The molecule has 0 bridgehead atoms. The fourth-order valence-electron chi connectivity index (χ4n) is 4.26. The molecular weight excluding hydrogens is 384 g/mol. The van der Waals surface area contributed by atoms with Crippen LogP contribution in [0.15, 0.2) is 54.6 Å². The lowest BCUT2D eigenvalue weighted by Gasteiger charge is -2.28. The highest BCUT2D eigenvalue weighted by Gasteiger charge is 2.14. The fourth-order valence-corrected chi connectivity index (χ4v) is 4.26. The number of benzene rings is 2. The van der Waals surface area contributed by atoms with Crippen molar-refractivity contribution in [2.45, 2.75) is 39.5 Å². The topological polar surface area (TPSA) is 52.2 Å². The molecule has 0 spiro atoms. The van der Waals surface area contributed by atoms with Crippen LogP contribution in [0.5, 0.6) is 0 Å². The van der Waals surface area contributed by atoms with Crippen LogP contribution in [0.1, 0.15) is 49.9 Å². The zero-order valence-electron chi connectivity index (χ0n) is 18.6. The average molecular weight is 417 g/mol. The van der Waals surface area contributed by atoms with E-state index in [0.717, 1.165) is 60.7 Å². The first-order valence-electron chi connectivity index (χ1n) is 11.5. The fraction of sp³-hybridized carbons (Fsp3) is 0.385. The number of hydrogen-bond donors (Lipinski definition) is 1. The van der Waals surface area contributed by atoms with Gasteiger partial charge in [-0.05, 0) is 68.5 Å². The lowest BCUT2D eigenvalue weighted by Crippen LogP contribution is -2.31. The van der Waals surface area contributed by atoms with E-state index in [2.05, 4.69) is 52.4 Å². The molecule has 0 radical (unpaired) electrons. The molecule has 0 aliphatic carbocycles. The molecule has 0 saturated carbocycles. The highest BCUT2D eigenvalue weighted by molar-refractivity contribution is 5.94. The summed E-state index contributed by atoms with van der Waals surface area (Å²) in [6.07, 6.45) is 4.87. The molecule has 0 unspecified atom stereocenters. The normalized spacial score (nSPS) is 13.9. The highest BCUT2D eigenvalue weighted by atomic mass is 16.2. The van der Waals surface area contributed by atoms with E-state index < -0.39 is 0 Å². The number of anilines is 1. The minimum atomic E-state index is 0.0926. The van der Waals surface area contributed by atoms with Crippen molar-refractivity contribution in [2.24, 2.45) is 0 Å². The number of rotatable bonds is 7. The first-order chi connectivity index (χ1) is 15.2. The molecular formula is C26H32N4O. The molecule has 1 saturated heterocycles. The third kappa shape index (κ3) is 4.82. The van der Waals surface area contributed by atoms with Crippen LogP contribution in [-0.4, -0.2) is 47.2 Å². The molecule has 4 rings (SSSR count). The van der Waals surface area contributed by atoms with Gasteiger partial charge in [-0.2, -0.15) is 5.10 Å². The second kappa shape index (κ2) is 9.82. The summed E-state index contributed by atoms with van der Waals surface area (Å²) in [4.78, 5) is 17.0. The van der Waals surface area contributed by atoms with Crippen LogP contribution in [0.2, 0.25) is 0 Å². The van der Waals surface area contributed by atoms with E-state index in [-0.39, 0.29) is 5.91 Å². The van der Waals surface area contributed by atoms with Gasteiger partial charge in [-0.1, -0.05) is 31.2 Å². The summed E-state index contributed by atoms with van der Waals surface area (Å²) in [6, 6.07) is 18.6. The molecule has 2 heterocycles. The predicted molar refractivity (Wildman–Crippen MR) is 127 cm³/mol. The van der Waals surface area contributed by atoms with Crippen molar-refractivity contribution in [3.63, 3.8) is 0 Å². The van der Waals surface area contributed by atoms with Gasteiger partial charge in [0.05, 0.1) is 11.4 Å². The van der Waals surface area contributed by atoms with Crippen LogP contribution in [0.3, 0.4) is 0 Å². The monoisotopic (exact) mass is 416 g/mol. The summed E-state index contributed by atoms with van der Waals surface area (Å²) in [5, 5.41) is 7.66. The third-order valence-electron chi connectivity index (χ3n) is 6.07. The van der Waals surface area contributed by atoms with Gasteiger partial charge < -0.3 is 9.80 Å². The summed E-state index contributed by atoms with van der Waals surface area (Å²) in [5.41, 5.74) is 6.04. The van der Waals surface area contributed by atoms with Crippen LogP contribution in [0.4, 0.5) is 5.69 Å². The van der Waals surface area contributed by atoms with Gasteiger partial charge in [0.2, 0.25) is 0 Å². The van der Waals surface area contributed by atoms with Crippen LogP contribution < -0.4 is 4.90 Å². The zero-order chi connectivity index (χ0) is 21.6. The molecule has 1 fully saturated rings. The lowest BCUT2D eigenvalue weighted by atomic mass is 10.1. The van der Waals surface area contributed by atoms with Gasteiger partial charge in [-0.25, -0.2) is 0 Å². The maximum absolute atomic E-state index is 12.6. The average Bonchev–Trinajstić information content (AvgIpc) is 3.33. The van der Waals surface area contributed by atoms with Gasteiger partial charge in [0.25, 0.3) is 5.91 Å². The Kier molecular flexibility index (Phi) is 6.70. The second-order valence-electron chi connectivity index (χ2n) is 8.22. The number of nitrogens with zero attached hydrogens (tertiary/aromatic N) is 3. The Morgan fingerprint density at radius 1 is 0.968 bits per heavy atom. The maximum atomic E-state index is 12.6. The van der Waals surface area contributed by atoms with E-state index in [9.17, 15) is 4.79 Å². The number of nitrogens with one attached hydrogen (secondary N) is 1. The SMILES string of the molecule is CCCN(CC)C(=O)c1ccc(-c2cc(-c3ccc(N4CCCCC4)cc3)n[nH]2)cc1. The Morgan fingerprint density at radius 3 is 2.29 bits per heavy atom. The van der Waals surface area contributed by atoms with E-state index in [4.69, 9.17) is 0 Å². The molecule has 3 aromatic rings. The summed E-state index contributed by atoms with van der Waals surface area (Å²) >= 11 is 0. The van der Waals surface area contributed by atoms with E-state index in [0.29, 0.717) is 0 Å². The smallest absolute Gasteiger partial charge is 0.253 e. The van der Waals surface area contributed by atoms with Gasteiger partial charge in [0.1, 0.15) is 0 Å². The maximum Gasteiger partial charge on any atom is 0.253 e. The van der Waals surface area contributed by atoms with Gasteiger partial charge in [-0.15, -0.1) is 0 Å². The van der Waals surface area contributed by atoms with E-state index in [1.165, 1.54) is 24.9 Å². The van der Waals surface area contributed by atoms with Crippen molar-refractivity contribution >= 4 is 11.6 Å². The number of carbonyl (C=O) groups is 1. The molecule has 162 valence electrons. The van der Waals surface area contributed by atoms with Crippen molar-refractivity contribution in [3.05, 3.63) is 60.2 Å². The molecule has 1 aliphatic heterocycles. The second-order valence-corrected chi connectivity index (χ2v) is 8.22. The Morgan fingerprint density at radius 2 is 1.65 bits per heavy atom. The standard InChI is InChI=1S/C26H32N4O/c1-3-16-29(4-2)26(31)22-10-8-20(9-11-22)24-19-25(28-27-24)21-12-14-23(15-13-21)30-17-6-5-7-18-30/h8-15,19H,3-7,16-18H2,1-2H3,(H,27,28). The lowest BCUT2D eigenvalue weighted by molar-refractivity contribution is 0.0764. The Bertz CT molecular complexity index is 985. The number of aromatic nitrogens is 2. The first kappa shape index (κ1) is 21.2. The van der Waals surface area contributed by atoms with Gasteiger partial charge in [0, 0.05) is 43.0 Å². The molecule has 1 aromatic heterocycles. The molecule has 5 heteroatoms. The molecule has 0 atom stereocenters. The van der Waals surface area contributed by atoms with Crippen LogP contribution >= 0.6 is 0 Å². The summed E-state index contributed by atoms with van der Waals surface area (Å²) in [6.45, 7) is 7.94. The number of hydrogen-bond acceptors (Lipinski definition) is 3. The predicted octanol–water partition coefficient (Wildman–Crippen LogP) is 5.61. The molecule has 1 aliphatic rings. The van der Waals surface area contributed by atoms with Crippen LogP contribution in [-0.2, 0) is 0 Å². The van der Waals surface area contributed by atoms with Gasteiger partial charge in [0.15, 0.2) is 0 Å². The molecule has 31 heavy (non-hydrogen) atoms. The van der Waals surface area contributed by atoms with Crippen molar-refractivity contribution in [1.29, 1.82) is 0 Å². The number of amides is 1. The van der Waals surface area contributed by atoms with E-state index >= 15 is 0 Å². The molecule has 1 amide bonds. The Labute approximate surface area is 185 Å². The van der Waals surface area contributed by atoms with Gasteiger partial charge >= 0.3 is 0 Å². The molecule has 2 aromatic carbocycles. The van der Waals surface area contributed by atoms with Gasteiger partial charge in [-0.3, -0.25) is 9.89 Å². The number of H-pyrrole nitrogens is 1. The van der Waals surface area contributed by atoms with Crippen LogP contribution in [0, 0.1) is 0 Å². The molecule has 1 N–H and O–H groups in total.